The van der Waals surface area contributed by atoms with Crippen molar-refractivity contribution >= 4 is 11.5 Å². The molecule has 0 spiro atoms. The fourth-order valence-electron chi connectivity index (χ4n) is 2.46. The normalized spacial score (nSPS) is 24.2. The third kappa shape index (κ3) is 2.73. The van der Waals surface area contributed by atoms with Crippen LogP contribution in [-0.2, 0) is 4.74 Å². The Hall–Kier alpha value is -1.33. The van der Waals surface area contributed by atoms with Gasteiger partial charge in [0.1, 0.15) is 5.82 Å². The first-order valence-electron chi connectivity index (χ1n) is 6.68. The summed E-state index contributed by atoms with van der Waals surface area (Å²) in [5, 5.41) is 6.85. The first-order chi connectivity index (χ1) is 8.92. The Balaban J connectivity index is 1.60. The smallest absolute Gasteiger partial charge is 0.128 e. The molecule has 3 rings (SSSR count). The van der Waals surface area contributed by atoms with Crippen molar-refractivity contribution in [2.24, 2.45) is 0 Å². The van der Waals surface area contributed by atoms with E-state index < -0.39 is 0 Å². The first-order valence-corrected chi connectivity index (χ1v) is 6.68. The molecule has 1 unspecified atom stereocenters. The van der Waals surface area contributed by atoms with Crippen LogP contribution < -0.4 is 15.5 Å². The van der Waals surface area contributed by atoms with E-state index in [9.17, 15) is 0 Å². The molecule has 1 aromatic heterocycles. The van der Waals surface area contributed by atoms with Crippen LogP contribution >= 0.6 is 0 Å². The summed E-state index contributed by atoms with van der Waals surface area (Å²) in [7, 11) is 0. The zero-order chi connectivity index (χ0) is 12.2. The summed E-state index contributed by atoms with van der Waals surface area (Å²) in [4.78, 5) is 6.80. The standard InChI is InChI=1S/C13H20N4O/c1-2-13(17-5-7-18-8-6-17)15-10-11(1)16-12-3-4-14-9-12/h1-2,10,12,14,16H,3-9H2. The number of hydrogen-bond donors (Lipinski definition) is 2. The summed E-state index contributed by atoms with van der Waals surface area (Å²) in [5.74, 6) is 1.05. The molecule has 98 valence electrons. The van der Waals surface area contributed by atoms with E-state index in [-0.39, 0.29) is 0 Å². The van der Waals surface area contributed by atoms with Gasteiger partial charge in [-0.05, 0) is 25.1 Å². The molecular formula is C13H20N4O. The highest BCUT2D eigenvalue weighted by Gasteiger charge is 2.15. The lowest BCUT2D eigenvalue weighted by atomic mass is 10.2. The van der Waals surface area contributed by atoms with Gasteiger partial charge in [-0.2, -0.15) is 0 Å². The maximum atomic E-state index is 5.34. The second kappa shape index (κ2) is 5.54. The van der Waals surface area contributed by atoms with E-state index in [1.807, 2.05) is 6.20 Å². The molecule has 0 saturated carbocycles. The Bertz CT molecular complexity index is 369. The van der Waals surface area contributed by atoms with Gasteiger partial charge in [-0.15, -0.1) is 0 Å². The van der Waals surface area contributed by atoms with Gasteiger partial charge in [-0.1, -0.05) is 0 Å². The summed E-state index contributed by atoms with van der Waals surface area (Å²) in [6.45, 7) is 5.63. The van der Waals surface area contributed by atoms with Crippen molar-refractivity contribution in [1.29, 1.82) is 0 Å². The summed E-state index contributed by atoms with van der Waals surface area (Å²) in [5.41, 5.74) is 1.11. The van der Waals surface area contributed by atoms with Crippen molar-refractivity contribution in [3.05, 3.63) is 18.3 Å². The van der Waals surface area contributed by atoms with E-state index >= 15 is 0 Å². The van der Waals surface area contributed by atoms with E-state index in [0.717, 1.165) is 50.9 Å². The van der Waals surface area contributed by atoms with Gasteiger partial charge in [0.05, 0.1) is 25.1 Å². The van der Waals surface area contributed by atoms with Crippen molar-refractivity contribution in [3.63, 3.8) is 0 Å². The van der Waals surface area contributed by atoms with Crippen LogP contribution in [0.5, 0.6) is 0 Å². The van der Waals surface area contributed by atoms with Crippen LogP contribution in [-0.4, -0.2) is 50.4 Å². The zero-order valence-electron chi connectivity index (χ0n) is 10.6. The number of nitrogens with one attached hydrogen (secondary N) is 2. The van der Waals surface area contributed by atoms with Crippen molar-refractivity contribution in [3.8, 4) is 0 Å². The quantitative estimate of drug-likeness (QED) is 0.824. The minimum absolute atomic E-state index is 0.543. The second-order valence-corrected chi connectivity index (χ2v) is 4.84. The molecule has 0 radical (unpaired) electrons. The molecule has 2 aliphatic heterocycles. The Morgan fingerprint density at radius 1 is 1.33 bits per heavy atom. The Morgan fingerprint density at radius 3 is 2.89 bits per heavy atom. The average Bonchev–Trinajstić information content (AvgIpc) is 2.94. The second-order valence-electron chi connectivity index (χ2n) is 4.84. The largest absolute Gasteiger partial charge is 0.380 e. The molecule has 0 aromatic carbocycles. The average molecular weight is 248 g/mol. The van der Waals surface area contributed by atoms with Crippen LogP contribution in [0.1, 0.15) is 6.42 Å². The third-order valence-corrected chi connectivity index (χ3v) is 3.51. The fraction of sp³-hybridized carbons (Fsp3) is 0.615. The van der Waals surface area contributed by atoms with Crippen LogP contribution in [0.2, 0.25) is 0 Å². The maximum Gasteiger partial charge on any atom is 0.128 e. The SMILES string of the molecule is c1cc(N2CCOCC2)ncc1NC1CCNC1. The topological polar surface area (TPSA) is 49.4 Å². The molecule has 0 amide bonds. The van der Waals surface area contributed by atoms with Gasteiger partial charge in [0.25, 0.3) is 0 Å². The van der Waals surface area contributed by atoms with Gasteiger partial charge in [-0.25, -0.2) is 4.98 Å². The number of aromatic nitrogens is 1. The van der Waals surface area contributed by atoms with Crippen molar-refractivity contribution in [1.82, 2.24) is 10.3 Å². The van der Waals surface area contributed by atoms with Crippen LogP contribution in [0.4, 0.5) is 11.5 Å². The predicted octanol–water partition coefficient (Wildman–Crippen LogP) is 0.692. The van der Waals surface area contributed by atoms with Gasteiger partial charge in [0.2, 0.25) is 0 Å². The highest BCUT2D eigenvalue weighted by molar-refractivity contribution is 5.49. The molecule has 3 heterocycles. The van der Waals surface area contributed by atoms with E-state index in [4.69, 9.17) is 4.74 Å². The molecule has 5 nitrogen and oxygen atoms in total. The molecule has 0 bridgehead atoms. The minimum Gasteiger partial charge on any atom is -0.380 e. The fourth-order valence-corrected chi connectivity index (χ4v) is 2.46. The number of pyridine rings is 1. The van der Waals surface area contributed by atoms with Crippen LogP contribution in [0, 0.1) is 0 Å². The lowest BCUT2D eigenvalue weighted by molar-refractivity contribution is 0.122. The first kappa shape index (κ1) is 11.7. The lowest BCUT2D eigenvalue weighted by Gasteiger charge is -2.27. The van der Waals surface area contributed by atoms with Gasteiger partial charge >= 0.3 is 0 Å². The lowest BCUT2D eigenvalue weighted by Crippen LogP contribution is -2.36. The maximum absolute atomic E-state index is 5.34. The zero-order valence-corrected chi connectivity index (χ0v) is 10.6. The van der Waals surface area contributed by atoms with Crippen molar-refractivity contribution in [2.45, 2.75) is 12.5 Å². The molecule has 1 atom stereocenters. The van der Waals surface area contributed by atoms with E-state index in [1.165, 1.54) is 6.42 Å². The molecule has 5 heteroatoms. The van der Waals surface area contributed by atoms with Crippen LogP contribution in [0.3, 0.4) is 0 Å². The monoisotopic (exact) mass is 248 g/mol. The predicted molar refractivity (Wildman–Crippen MR) is 72.2 cm³/mol. The number of hydrogen-bond acceptors (Lipinski definition) is 5. The minimum atomic E-state index is 0.543. The number of morpholine rings is 1. The number of anilines is 2. The molecule has 2 saturated heterocycles. The Labute approximate surface area is 108 Å². The van der Waals surface area contributed by atoms with Gasteiger partial charge in [0.15, 0.2) is 0 Å². The van der Waals surface area contributed by atoms with Crippen molar-refractivity contribution < 1.29 is 4.74 Å². The molecule has 1 aromatic rings. The van der Waals surface area contributed by atoms with Crippen LogP contribution in [0.25, 0.3) is 0 Å². The molecule has 2 fully saturated rings. The summed E-state index contributed by atoms with van der Waals surface area (Å²) >= 11 is 0. The molecule has 2 N–H and O–H groups in total. The summed E-state index contributed by atoms with van der Waals surface area (Å²) in [6, 6.07) is 4.76. The van der Waals surface area contributed by atoms with Gasteiger partial charge < -0.3 is 20.3 Å². The van der Waals surface area contributed by atoms with Crippen LogP contribution in [0.15, 0.2) is 18.3 Å². The van der Waals surface area contributed by atoms with Gasteiger partial charge in [0, 0.05) is 25.7 Å². The van der Waals surface area contributed by atoms with Crippen molar-refractivity contribution in [2.75, 3.05) is 49.6 Å². The highest BCUT2D eigenvalue weighted by Crippen LogP contribution is 2.16. The van der Waals surface area contributed by atoms with E-state index in [2.05, 4.69) is 32.7 Å². The molecule has 2 aliphatic rings. The third-order valence-electron chi connectivity index (χ3n) is 3.51. The Kier molecular flexibility index (Phi) is 3.61. The molecule has 18 heavy (non-hydrogen) atoms. The Morgan fingerprint density at radius 2 is 2.22 bits per heavy atom. The molecule has 0 aliphatic carbocycles. The highest BCUT2D eigenvalue weighted by atomic mass is 16.5. The summed E-state index contributed by atoms with van der Waals surface area (Å²) in [6.07, 6.45) is 3.12. The van der Waals surface area contributed by atoms with E-state index in [1.54, 1.807) is 0 Å². The number of ether oxygens (including phenoxy) is 1. The summed E-state index contributed by atoms with van der Waals surface area (Å²) < 4.78 is 5.34. The molecular weight excluding hydrogens is 228 g/mol. The van der Waals surface area contributed by atoms with Gasteiger partial charge in [-0.3, -0.25) is 0 Å². The number of rotatable bonds is 3. The number of nitrogens with zero attached hydrogens (tertiary/aromatic N) is 2. The van der Waals surface area contributed by atoms with E-state index in [0.29, 0.717) is 6.04 Å².